The molecule has 0 aliphatic heterocycles. The molecule has 0 saturated heterocycles. The molecule has 3 nitrogen and oxygen atoms in total. The molecule has 3 rings (SSSR count). The molecular weight excluding hydrogens is 349 g/mol. The van der Waals surface area contributed by atoms with Crippen LogP contribution in [0.2, 0.25) is 10.0 Å². The molecule has 1 saturated carbocycles. The Balaban J connectivity index is 1.77. The maximum Gasteiger partial charge on any atom is 0.191 e. The van der Waals surface area contributed by atoms with Crippen molar-refractivity contribution in [1.29, 1.82) is 0 Å². The smallest absolute Gasteiger partial charge is 0.191 e. The van der Waals surface area contributed by atoms with E-state index in [1.807, 2.05) is 18.2 Å². The SMILES string of the molecule is CCn1c(SCc2c(Cl)cccc2Cl)nnc1C1CCCCC1. The summed E-state index contributed by atoms with van der Waals surface area (Å²) >= 11 is 14.2. The van der Waals surface area contributed by atoms with Crippen LogP contribution >= 0.6 is 35.0 Å². The summed E-state index contributed by atoms with van der Waals surface area (Å²) in [6, 6.07) is 5.62. The van der Waals surface area contributed by atoms with Gasteiger partial charge in [-0.1, -0.05) is 60.3 Å². The highest BCUT2D eigenvalue weighted by Crippen LogP contribution is 2.35. The number of halogens is 2. The van der Waals surface area contributed by atoms with Gasteiger partial charge in [0.1, 0.15) is 5.82 Å². The van der Waals surface area contributed by atoms with Crippen molar-refractivity contribution in [3.8, 4) is 0 Å². The fraction of sp³-hybridized carbons (Fsp3) is 0.529. The van der Waals surface area contributed by atoms with Crippen LogP contribution in [-0.2, 0) is 12.3 Å². The van der Waals surface area contributed by atoms with Crippen molar-refractivity contribution < 1.29 is 0 Å². The normalized spacial score (nSPS) is 16.0. The molecule has 2 aromatic rings. The summed E-state index contributed by atoms with van der Waals surface area (Å²) in [4.78, 5) is 0. The molecule has 0 bridgehead atoms. The number of aromatic nitrogens is 3. The van der Waals surface area contributed by atoms with Crippen LogP contribution in [0.15, 0.2) is 23.4 Å². The molecule has 1 aromatic heterocycles. The lowest BCUT2D eigenvalue weighted by Crippen LogP contribution is -2.12. The van der Waals surface area contributed by atoms with Crippen molar-refractivity contribution >= 4 is 35.0 Å². The molecule has 1 aromatic carbocycles. The molecule has 23 heavy (non-hydrogen) atoms. The highest BCUT2D eigenvalue weighted by molar-refractivity contribution is 7.98. The molecule has 0 unspecified atom stereocenters. The van der Waals surface area contributed by atoms with Crippen LogP contribution in [-0.4, -0.2) is 14.8 Å². The van der Waals surface area contributed by atoms with Gasteiger partial charge >= 0.3 is 0 Å². The van der Waals surface area contributed by atoms with E-state index in [1.54, 1.807) is 11.8 Å². The van der Waals surface area contributed by atoms with E-state index in [4.69, 9.17) is 23.2 Å². The standard InChI is InChI=1S/C17H21Cl2N3S/c1-2-22-16(12-7-4-3-5-8-12)20-21-17(22)23-11-13-14(18)9-6-10-15(13)19/h6,9-10,12H,2-5,7-8,11H2,1H3. The number of hydrogen-bond donors (Lipinski definition) is 0. The lowest BCUT2D eigenvalue weighted by Gasteiger charge is -2.21. The first-order chi connectivity index (χ1) is 11.2. The van der Waals surface area contributed by atoms with Crippen molar-refractivity contribution in [2.45, 2.75) is 62.4 Å². The number of nitrogens with zero attached hydrogens (tertiary/aromatic N) is 3. The maximum atomic E-state index is 6.26. The van der Waals surface area contributed by atoms with E-state index in [9.17, 15) is 0 Å². The summed E-state index contributed by atoms with van der Waals surface area (Å²) in [5.41, 5.74) is 0.964. The molecule has 0 N–H and O–H groups in total. The van der Waals surface area contributed by atoms with Gasteiger partial charge in [-0.3, -0.25) is 0 Å². The van der Waals surface area contributed by atoms with Gasteiger partial charge in [0, 0.05) is 28.3 Å². The summed E-state index contributed by atoms with van der Waals surface area (Å²) in [6.07, 6.45) is 6.43. The van der Waals surface area contributed by atoms with Crippen molar-refractivity contribution in [3.05, 3.63) is 39.6 Å². The van der Waals surface area contributed by atoms with E-state index in [2.05, 4.69) is 21.7 Å². The van der Waals surface area contributed by atoms with Gasteiger partial charge in [0.2, 0.25) is 0 Å². The summed E-state index contributed by atoms with van der Waals surface area (Å²) in [5.74, 6) is 2.43. The van der Waals surface area contributed by atoms with Crippen LogP contribution < -0.4 is 0 Å². The lowest BCUT2D eigenvalue weighted by atomic mass is 9.89. The van der Waals surface area contributed by atoms with E-state index < -0.39 is 0 Å². The monoisotopic (exact) mass is 369 g/mol. The van der Waals surface area contributed by atoms with Gasteiger partial charge in [-0.15, -0.1) is 10.2 Å². The van der Waals surface area contributed by atoms with Crippen LogP contribution in [0.5, 0.6) is 0 Å². The minimum Gasteiger partial charge on any atom is -0.306 e. The first kappa shape index (κ1) is 17.1. The molecule has 0 spiro atoms. The van der Waals surface area contributed by atoms with Crippen molar-refractivity contribution in [2.24, 2.45) is 0 Å². The number of rotatable bonds is 5. The Morgan fingerprint density at radius 2 is 1.83 bits per heavy atom. The first-order valence-corrected chi connectivity index (χ1v) is 9.93. The summed E-state index contributed by atoms with van der Waals surface area (Å²) in [7, 11) is 0. The Kier molecular flexibility index (Phi) is 5.89. The molecule has 0 atom stereocenters. The number of hydrogen-bond acceptors (Lipinski definition) is 3. The van der Waals surface area contributed by atoms with Crippen LogP contribution in [0.4, 0.5) is 0 Å². The van der Waals surface area contributed by atoms with Gasteiger partial charge in [0.05, 0.1) is 0 Å². The Morgan fingerprint density at radius 3 is 2.48 bits per heavy atom. The van der Waals surface area contributed by atoms with Gasteiger partial charge in [0.15, 0.2) is 5.16 Å². The van der Waals surface area contributed by atoms with Crippen LogP contribution in [0.1, 0.15) is 56.3 Å². The zero-order valence-electron chi connectivity index (χ0n) is 13.3. The lowest BCUT2D eigenvalue weighted by molar-refractivity contribution is 0.413. The third kappa shape index (κ3) is 3.86. The summed E-state index contributed by atoms with van der Waals surface area (Å²) in [6.45, 7) is 3.06. The van der Waals surface area contributed by atoms with Crippen LogP contribution in [0.3, 0.4) is 0 Å². The molecule has 0 amide bonds. The average molecular weight is 370 g/mol. The van der Waals surface area contributed by atoms with E-state index in [0.717, 1.165) is 23.1 Å². The molecule has 6 heteroatoms. The van der Waals surface area contributed by atoms with Crippen molar-refractivity contribution in [1.82, 2.24) is 14.8 Å². The van der Waals surface area contributed by atoms with E-state index in [1.165, 1.54) is 32.1 Å². The molecule has 1 aliphatic carbocycles. The van der Waals surface area contributed by atoms with Crippen molar-refractivity contribution in [2.75, 3.05) is 0 Å². The Labute approximate surface area is 151 Å². The average Bonchev–Trinajstić information content (AvgIpc) is 2.98. The topological polar surface area (TPSA) is 30.7 Å². The van der Waals surface area contributed by atoms with E-state index in [-0.39, 0.29) is 0 Å². The molecule has 1 aliphatic rings. The van der Waals surface area contributed by atoms with Crippen molar-refractivity contribution in [3.63, 3.8) is 0 Å². The third-order valence-electron chi connectivity index (χ3n) is 4.44. The molecule has 0 radical (unpaired) electrons. The van der Waals surface area contributed by atoms with Gasteiger partial charge < -0.3 is 4.57 Å². The van der Waals surface area contributed by atoms with Gasteiger partial charge in [-0.25, -0.2) is 0 Å². The van der Waals surface area contributed by atoms with Crippen LogP contribution in [0, 0.1) is 0 Å². The second kappa shape index (κ2) is 7.91. The minimum absolute atomic E-state index is 0.564. The molecular formula is C17H21Cl2N3S. The Hall–Kier alpha value is -0.710. The zero-order chi connectivity index (χ0) is 16.2. The van der Waals surface area contributed by atoms with Gasteiger partial charge in [-0.05, 0) is 37.5 Å². The quantitative estimate of drug-likeness (QED) is 0.610. The number of thioether (sulfide) groups is 1. The highest BCUT2D eigenvalue weighted by Gasteiger charge is 2.23. The highest BCUT2D eigenvalue weighted by atomic mass is 35.5. The second-order valence-electron chi connectivity index (χ2n) is 5.91. The summed E-state index contributed by atoms with van der Waals surface area (Å²) in [5, 5.41) is 11.3. The number of benzene rings is 1. The molecule has 1 heterocycles. The molecule has 1 fully saturated rings. The molecule has 124 valence electrons. The van der Waals surface area contributed by atoms with E-state index >= 15 is 0 Å². The third-order valence-corrected chi connectivity index (χ3v) is 6.14. The fourth-order valence-corrected chi connectivity index (χ4v) is 4.92. The predicted octanol–water partition coefficient (Wildman–Crippen LogP) is 5.94. The van der Waals surface area contributed by atoms with Gasteiger partial charge in [-0.2, -0.15) is 0 Å². The predicted molar refractivity (Wildman–Crippen MR) is 97.5 cm³/mol. The largest absolute Gasteiger partial charge is 0.306 e. The summed E-state index contributed by atoms with van der Waals surface area (Å²) < 4.78 is 2.26. The van der Waals surface area contributed by atoms with Crippen LogP contribution in [0.25, 0.3) is 0 Å². The fourth-order valence-electron chi connectivity index (χ4n) is 3.17. The Morgan fingerprint density at radius 1 is 1.13 bits per heavy atom. The van der Waals surface area contributed by atoms with Gasteiger partial charge in [0.25, 0.3) is 0 Å². The zero-order valence-corrected chi connectivity index (χ0v) is 15.6. The Bertz CT molecular complexity index is 646. The maximum absolute atomic E-state index is 6.26. The van der Waals surface area contributed by atoms with E-state index in [0.29, 0.717) is 21.7 Å². The second-order valence-corrected chi connectivity index (χ2v) is 7.67. The first-order valence-electron chi connectivity index (χ1n) is 8.19. The minimum atomic E-state index is 0.564.